The highest BCUT2D eigenvalue weighted by Crippen LogP contribution is 2.20. The highest BCUT2D eigenvalue weighted by Gasteiger charge is 2.19. The fourth-order valence-electron chi connectivity index (χ4n) is 2.08. The number of hydrogen-bond acceptors (Lipinski definition) is 3. The Balaban J connectivity index is 2.29. The van der Waals surface area contributed by atoms with Crippen LogP contribution in [0.1, 0.15) is 44.1 Å². The lowest BCUT2D eigenvalue weighted by Crippen LogP contribution is -2.26. The molecule has 1 N–H and O–H groups in total. The molecule has 0 amide bonds. The molecule has 0 aliphatic carbocycles. The summed E-state index contributed by atoms with van der Waals surface area (Å²) >= 11 is 0. The molecule has 2 heterocycles. The molecular weight excluding hydrogens is 176 g/mol. The van der Waals surface area contributed by atoms with Gasteiger partial charge in [-0.05, 0) is 12.8 Å². The molecule has 0 unspecified atom stereocenters. The minimum atomic E-state index is 0.532. The Morgan fingerprint density at radius 3 is 2.93 bits per heavy atom. The van der Waals surface area contributed by atoms with Gasteiger partial charge in [0.1, 0.15) is 0 Å². The Morgan fingerprint density at radius 2 is 2.21 bits per heavy atom. The van der Waals surface area contributed by atoms with E-state index < -0.39 is 0 Å². The quantitative estimate of drug-likeness (QED) is 0.788. The smallest absolute Gasteiger partial charge is 0.0997 e. The molecule has 1 aromatic heterocycles. The first-order valence-electron chi connectivity index (χ1n) is 5.50. The second-order valence-corrected chi connectivity index (χ2v) is 3.82. The van der Waals surface area contributed by atoms with Crippen LogP contribution in [0.15, 0.2) is 0 Å². The van der Waals surface area contributed by atoms with Crippen LogP contribution in [0.3, 0.4) is 0 Å². The van der Waals surface area contributed by atoms with Gasteiger partial charge >= 0.3 is 0 Å². The molecule has 0 atom stereocenters. The van der Waals surface area contributed by atoms with Gasteiger partial charge in [0.15, 0.2) is 0 Å². The molecule has 1 aromatic rings. The van der Waals surface area contributed by atoms with E-state index in [0.29, 0.717) is 6.04 Å². The number of fused-ring (bicyclic) bond motifs is 1. The lowest BCUT2D eigenvalue weighted by Gasteiger charge is -2.18. The van der Waals surface area contributed by atoms with Crippen molar-refractivity contribution in [2.75, 3.05) is 6.54 Å². The van der Waals surface area contributed by atoms with Gasteiger partial charge in [-0.1, -0.05) is 19.1 Å². The van der Waals surface area contributed by atoms with E-state index >= 15 is 0 Å². The summed E-state index contributed by atoms with van der Waals surface area (Å²) in [6.45, 7) is 6.36. The first kappa shape index (κ1) is 9.65. The molecule has 0 fully saturated rings. The maximum absolute atomic E-state index is 4.27. The summed E-state index contributed by atoms with van der Waals surface area (Å²) in [4.78, 5) is 0. The number of rotatable bonds is 3. The van der Waals surface area contributed by atoms with Crippen molar-refractivity contribution in [3.63, 3.8) is 0 Å². The van der Waals surface area contributed by atoms with Crippen molar-refractivity contribution >= 4 is 0 Å². The molecule has 0 radical (unpaired) electrons. The second kappa shape index (κ2) is 4.09. The molecule has 4 nitrogen and oxygen atoms in total. The third kappa shape index (κ3) is 1.54. The average molecular weight is 194 g/mol. The molecule has 0 aromatic carbocycles. The lowest BCUT2D eigenvalue weighted by atomic mass is 10.1. The van der Waals surface area contributed by atoms with Gasteiger partial charge in [0.25, 0.3) is 0 Å². The van der Waals surface area contributed by atoms with E-state index in [0.717, 1.165) is 38.0 Å². The average Bonchev–Trinajstić information content (AvgIpc) is 2.65. The van der Waals surface area contributed by atoms with Crippen molar-refractivity contribution in [1.29, 1.82) is 0 Å². The predicted octanol–water partition coefficient (Wildman–Crippen LogP) is 1.28. The maximum Gasteiger partial charge on any atom is 0.0997 e. The van der Waals surface area contributed by atoms with Gasteiger partial charge in [-0.25, -0.2) is 4.68 Å². The van der Waals surface area contributed by atoms with Crippen LogP contribution in [-0.4, -0.2) is 21.5 Å². The molecule has 1 aliphatic rings. The van der Waals surface area contributed by atoms with E-state index in [9.17, 15) is 0 Å². The molecule has 2 rings (SSSR count). The summed E-state index contributed by atoms with van der Waals surface area (Å²) in [6.07, 6.45) is 3.35. The summed E-state index contributed by atoms with van der Waals surface area (Å²) in [5.41, 5.74) is 2.49. The number of aromatic nitrogens is 3. The third-order valence-electron chi connectivity index (χ3n) is 2.99. The summed E-state index contributed by atoms with van der Waals surface area (Å²) in [7, 11) is 0. The van der Waals surface area contributed by atoms with Crippen LogP contribution in [-0.2, 0) is 13.0 Å². The summed E-state index contributed by atoms with van der Waals surface area (Å²) in [5.74, 6) is 0. The molecular formula is C10H18N4. The summed E-state index contributed by atoms with van der Waals surface area (Å²) < 4.78 is 2.14. The standard InChI is InChI=1S/C10H18N4/c1-3-8(4-2)14-10-5-6-11-7-9(10)12-13-14/h8,11H,3-7H2,1-2H3. The van der Waals surface area contributed by atoms with Gasteiger partial charge in [-0.15, -0.1) is 5.10 Å². The predicted molar refractivity (Wildman–Crippen MR) is 55.1 cm³/mol. The van der Waals surface area contributed by atoms with Crippen molar-refractivity contribution in [3.8, 4) is 0 Å². The molecule has 78 valence electrons. The van der Waals surface area contributed by atoms with E-state index in [4.69, 9.17) is 0 Å². The Morgan fingerprint density at radius 1 is 1.43 bits per heavy atom. The Kier molecular flexibility index (Phi) is 2.82. The first-order chi connectivity index (χ1) is 6.86. The molecule has 0 saturated carbocycles. The molecule has 0 spiro atoms. The minimum absolute atomic E-state index is 0.532. The Bertz CT molecular complexity index is 301. The van der Waals surface area contributed by atoms with Crippen LogP contribution in [0.25, 0.3) is 0 Å². The molecule has 0 bridgehead atoms. The Hall–Kier alpha value is -0.900. The topological polar surface area (TPSA) is 42.7 Å². The lowest BCUT2D eigenvalue weighted by molar-refractivity contribution is 0.402. The van der Waals surface area contributed by atoms with E-state index in [1.807, 2.05) is 0 Å². The van der Waals surface area contributed by atoms with E-state index in [1.165, 1.54) is 5.69 Å². The van der Waals surface area contributed by atoms with Crippen LogP contribution < -0.4 is 5.32 Å². The zero-order chi connectivity index (χ0) is 9.97. The molecule has 1 aliphatic heterocycles. The number of nitrogens with zero attached hydrogens (tertiary/aromatic N) is 3. The van der Waals surface area contributed by atoms with E-state index in [2.05, 4.69) is 34.2 Å². The normalized spacial score (nSPS) is 15.9. The van der Waals surface area contributed by atoms with Crippen molar-refractivity contribution in [3.05, 3.63) is 11.4 Å². The summed E-state index contributed by atoms with van der Waals surface area (Å²) in [5, 5.41) is 11.8. The minimum Gasteiger partial charge on any atom is -0.311 e. The highest BCUT2D eigenvalue weighted by molar-refractivity contribution is 5.14. The SMILES string of the molecule is CCC(CC)n1nnc2c1CCNC2. The molecule has 4 heteroatoms. The van der Waals surface area contributed by atoms with Crippen LogP contribution in [0, 0.1) is 0 Å². The van der Waals surface area contributed by atoms with E-state index in [-0.39, 0.29) is 0 Å². The third-order valence-corrected chi connectivity index (χ3v) is 2.99. The number of hydrogen-bond donors (Lipinski definition) is 1. The largest absolute Gasteiger partial charge is 0.311 e. The second-order valence-electron chi connectivity index (χ2n) is 3.82. The molecule has 0 saturated heterocycles. The van der Waals surface area contributed by atoms with Crippen LogP contribution >= 0.6 is 0 Å². The fourth-order valence-corrected chi connectivity index (χ4v) is 2.08. The highest BCUT2D eigenvalue weighted by atomic mass is 15.4. The molecule has 14 heavy (non-hydrogen) atoms. The van der Waals surface area contributed by atoms with Crippen molar-refractivity contribution in [1.82, 2.24) is 20.3 Å². The van der Waals surface area contributed by atoms with Gasteiger partial charge < -0.3 is 5.32 Å². The van der Waals surface area contributed by atoms with Crippen molar-refractivity contribution < 1.29 is 0 Å². The van der Waals surface area contributed by atoms with E-state index in [1.54, 1.807) is 0 Å². The van der Waals surface area contributed by atoms with Crippen LogP contribution in [0.5, 0.6) is 0 Å². The van der Waals surface area contributed by atoms with Crippen molar-refractivity contribution in [2.24, 2.45) is 0 Å². The summed E-state index contributed by atoms with van der Waals surface area (Å²) in [6, 6.07) is 0.532. The van der Waals surface area contributed by atoms with Gasteiger partial charge in [-0.2, -0.15) is 0 Å². The number of nitrogens with one attached hydrogen (secondary N) is 1. The van der Waals surface area contributed by atoms with Crippen molar-refractivity contribution in [2.45, 2.75) is 45.7 Å². The maximum atomic E-state index is 4.27. The van der Waals surface area contributed by atoms with Gasteiger partial charge in [0.2, 0.25) is 0 Å². The first-order valence-corrected chi connectivity index (χ1v) is 5.50. The monoisotopic (exact) mass is 194 g/mol. The Labute approximate surface area is 84.7 Å². The van der Waals surface area contributed by atoms with Crippen LogP contribution in [0.4, 0.5) is 0 Å². The van der Waals surface area contributed by atoms with Gasteiger partial charge in [0, 0.05) is 19.5 Å². The fraction of sp³-hybridized carbons (Fsp3) is 0.800. The van der Waals surface area contributed by atoms with Gasteiger partial charge in [-0.3, -0.25) is 0 Å². The van der Waals surface area contributed by atoms with Gasteiger partial charge in [0.05, 0.1) is 17.4 Å². The van der Waals surface area contributed by atoms with Crippen LogP contribution in [0.2, 0.25) is 0 Å². The zero-order valence-electron chi connectivity index (χ0n) is 8.95. The zero-order valence-corrected chi connectivity index (χ0v) is 8.95.